The summed E-state index contributed by atoms with van der Waals surface area (Å²) in [4.78, 5) is 39.1. The number of aliphatic hydroxyl groups is 1. The zero-order valence-electron chi connectivity index (χ0n) is 28.4. The number of amides is 1. The summed E-state index contributed by atoms with van der Waals surface area (Å²) in [7, 11) is 2.94. The van der Waals surface area contributed by atoms with Gasteiger partial charge in [-0.1, -0.05) is 59.8 Å². The van der Waals surface area contributed by atoms with E-state index in [0.29, 0.717) is 21.3 Å². The molecule has 0 radical (unpaired) electrons. The number of anilines is 3. The molecule has 3 heterocycles. The Morgan fingerprint density at radius 1 is 1.13 bits per heavy atom. The number of carbonyl (C=O) groups is 1. The first-order chi connectivity index (χ1) is 25.0. The molecule has 1 aromatic heterocycles. The van der Waals surface area contributed by atoms with E-state index in [1.165, 1.54) is 53.2 Å². The average Bonchev–Trinajstić information content (AvgIpc) is 3.41. The smallest absolute Gasteiger partial charge is 0.262 e. The monoisotopic (exact) mass is 737 g/mol. The van der Waals surface area contributed by atoms with E-state index in [0.717, 1.165) is 32.4 Å². The molecule has 2 aliphatic heterocycles. The highest BCUT2D eigenvalue weighted by molar-refractivity contribution is 7.99. The van der Waals surface area contributed by atoms with Gasteiger partial charge in [-0.25, -0.2) is 14.8 Å². The van der Waals surface area contributed by atoms with Crippen molar-refractivity contribution in [2.75, 3.05) is 43.2 Å². The fourth-order valence-electron chi connectivity index (χ4n) is 7.21. The maximum Gasteiger partial charge on any atom is 0.262 e. The van der Waals surface area contributed by atoms with Crippen LogP contribution >= 0.6 is 23.4 Å². The van der Waals surface area contributed by atoms with Gasteiger partial charge in [-0.3, -0.25) is 4.79 Å². The highest BCUT2D eigenvalue weighted by Crippen LogP contribution is 2.51. The minimum Gasteiger partial charge on any atom is -0.506 e. The Morgan fingerprint density at radius 3 is 2.62 bits per heavy atom. The lowest BCUT2D eigenvalue weighted by Gasteiger charge is -2.42. The summed E-state index contributed by atoms with van der Waals surface area (Å²) >= 11 is 7.99. The number of hydrogen-bond donors (Lipinski definition) is 5. The van der Waals surface area contributed by atoms with Gasteiger partial charge in [0.1, 0.15) is 27.9 Å². The highest BCUT2D eigenvalue weighted by Gasteiger charge is 2.46. The van der Waals surface area contributed by atoms with Gasteiger partial charge < -0.3 is 41.5 Å². The van der Waals surface area contributed by atoms with Crippen LogP contribution in [0.4, 0.5) is 17.3 Å². The van der Waals surface area contributed by atoms with E-state index in [4.69, 9.17) is 27.8 Å². The number of ether oxygens (including phenoxy) is 1. The SMILES string of the molecule is COc1cc(C2=CN(C)C(=C=O)C(C(=O)Nc3cccc(Sc4ncc(N5CCC6(CC5)Cc5ccccc5[C@H]6N)nc4N)c3Cl)=C2O)ccc1O. The molecule has 1 aliphatic carbocycles. The van der Waals surface area contributed by atoms with Gasteiger partial charge in [-0.2, -0.15) is 0 Å². The lowest BCUT2D eigenvalue weighted by Crippen LogP contribution is -2.44. The van der Waals surface area contributed by atoms with Crippen LogP contribution in [0.15, 0.2) is 100 Å². The average molecular weight is 738 g/mol. The van der Waals surface area contributed by atoms with Crippen molar-refractivity contribution in [2.24, 2.45) is 11.1 Å². The number of nitrogen functional groups attached to an aromatic ring is 1. The second-order valence-electron chi connectivity index (χ2n) is 13.0. The molecule has 0 saturated carbocycles. The quantitative estimate of drug-likeness (QED) is 0.143. The molecule has 0 unspecified atom stereocenters. The van der Waals surface area contributed by atoms with Crippen molar-refractivity contribution in [2.45, 2.75) is 35.2 Å². The molecular weight excluding hydrogens is 702 g/mol. The molecule has 3 aliphatic rings. The van der Waals surface area contributed by atoms with E-state index in [1.54, 1.807) is 43.5 Å². The largest absolute Gasteiger partial charge is 0.506 e. The van der Waals surface area contributed by atoms with Gasteiger partial charge in [-0.05, 0) is 65.6 Å². The first kappa shape index (κ1) is 35.0. The lowest BCUT2D eigenvalue weighted by atomic mass is 9.73. The van der Waals surface area contributed by atoms with Gasteiger partial charge in [0.05, 0.1) is 24.0 Å². The standard InChI is InChI=1S/C38H36ClN7O5S/c1-45-19-24(21-10-11-27(48)28(16-21)51-2)33(49)31(26(45)20-47)36(50)43-25-8-5-9-29(32(25)39)52-37-35(41)44-30(18-42-37)46-14-12-38(13-15-46)17-22-6-3-4-7-23(22)34(38)40/h3-11,16,18-19,34,48-49H,12-15,17,40H2,1-2H3,(H2,41,44)(H,43,50)/t34-/m1/s1. The maximum atomic E-state index is 13.7. The van der Waals surface area contributed by atoms with Gasteiger partial charge in [-0.15, -0.1) is 0 Å². The zero-order chi connectivity index (χ0) is 36.7. The van der Waals surface area contributed by atoms with E-state index in [-0.39, 0.29) is 56.3 Å². The predicted molar refractivity (Wildman–Crippen MR) is 201 cm³/mol. The Morgan fingerprint density at radius 2 is 1.90 bits per heavy atom. The van der Waals surface area contributed by atoms with E-state index >= 15 is 0 Å². The van der Waals surface area contributed by atoms with E-state index in [9.17, 15) is 19.8 Å². The minimum absolute atomic E-state index is 0.0189. The number of aliphatic hydroxyl groups excluding tert-OH is 1. The van der Waals surface area contributed by atoms with E-state index < -0.39 is 11.7 Å². The molecule has 1 atom stereocenters. The summed E-state index contributed by atoms with van der Waals surface area (Å²) in [6.07, 6.45) is 6.04. The molecular formula is C38H36ClN7O5S. The molecule has 0 bridgehead atoms. The molecule has 3 aromatic carbocycles. The van der Waals surface area contributed by atoms with Crippen LogP contribution in [0.1, 0.15) is 35.6 Å². The molecule has 12 nitrogen and oxygen atoms in total. The number of nitrogens with zero attached hydrogens (tertiary/aromatic N) is 4. The molecule has 1 spiro atoms. The molecule has 266 valence electrons. The Hall–Kier alpha value is -5.46. The number of nitrogens with two attached hydrogens (primary N) is 2. The van der Waals surface area contributed by atoms with Gasteiger partial charge >= 0.3 is 0 Å². The van der Waals surface area contributed by atoms with Crippen LogP contribution in [0.2, 0.25) is 5.02 Å². The number of phenolic OH excluding ortho intramolecular Hbond substituents is 1. The minimum atomic E-state index is -0.794. The number of aromatic nitrogens is 2. The number of carbonyl (C=O) groups excluding carboxylic acids is 2. The summed E-state index contributed by atoms with van der Waals surface area (Å²) in [6, 6.07) is 18.0. The molecule has 1 saturated heterocycles. The van der Waals surface area contributed by atoms with Gasteiger partial charge in [0.2, 0.25) is 0 Å². The first-order valence-electron chi connectivity index (χ1n) is 16.5. The topological polar surface area (TPSA) is 180 Å². The lowest BCUT2D eigenvalue weighted by molar-refractivity contribution is -0.112. The van der Waals surface area contributed by atoms with E-state index in [2.05, 4.69) is 44.5 Å². The highest BCUT2D eigenvalue weighted by atomic mass is 35.5. The Bertz CT molecular complexity index is 2210. The van der Waals surface area contributed by atoms with Crippen LogP contribution in [0.3, 0.4) is 0 Å². The van der Waals surface area contributed by atoms with Crippen molar-refractivity contribution in [1.82, 2.24) is 14.9 Å². The number of rotatable bonds is 7. The third kappa shape index (κ3) is 6.22. The number of phenols is 1. The van der Waals surface area contributed by atoms with Crippen molar-refractivity contribution in [3.8, 4) is 11.5 Å². The third-order valence-electron chi connectivity index (χ3n) is 10.1. The zero-order valence-corrected chi connectivity index (χ0v) is 30.0. The van der Waals surface area contributed by atoms with Crippen LogP contribution < -0.4 is 26.4 Å². The van der Waals surface area contributed by atoms with Crippen LogP contribution in [-0.2, 0) is 16.0 Å². The van der Waals surface area contributed by atoms with Crippen molar-refractivity contribution < 1.29 is 24.5 Å². The number of benzene rings is 3. The van der Waals surface area contributed by atoms with Crippen LogP contribution in [-0.4, -0.2) is 64.2 Å². The molecule has 7 N–H and O–H groups in total. The van der Waals surface area contributed by atoms with Crippen molar-refractivity contribution in [1.29, 1.82) is 0 Å². The van der Waals surface area contributed by atoms with Crippen molar-refractivity contribution >= 4 is 58.1 Å². The fraction of sp³-hybridized carbons (Fsp3) is 0.237. The van der Waals surface area contributed by atoms with Crippen LogP contribution in [0.5, 0.6) is 11.5 Å². The van der Waals surface area contributed by atoms with Crippen molar-refractivity contribution in [3.63, 3.8) is 0 Å². The number of aromatic hydroxyl groups is 1. The Balaban J connectivity index is 1.07. The van der Waals surface area contributed by atoms with Gasteiger partial charge in [0, 0.05) is 42.8 Å². The molecule has 1 fully saturated rings. The van der Waals surface area contributed by atoms with Gasteiger partial charge in [0.25, 0.3) is 5.91 Å². The summed E-state index contributed by atoms with van der Waals surface area (Å²) < 4.78 is 5.20. The summed E-state index contributed by atoms with van der Waals surface area (Å²) in [6.45, 7) is 1.58. The number of halogens is 1. The fourth-order valence-corrected chi connectivity index (χ4v) is 8.31. The molecule has 4 aromatic rings. The first-order valence-corrected chi connectivity index (χ1v) is 17.7. The second-order valence-corrected chi connectivity index (χ2v) is 14.4. The normalized spacial score (nSPS) is 17.9. The number of piperidine rings is 1. The van der Waals surface area contributed by atoms with Crippen LogP contribution in [0, 0.1) is 5.41 Å². The summed E-state index contributed by atoms with van der Waals surface area (Å²) in [5.74, 6) is 1.48. The maximum absolute atomic E-state index is 13.7. The Kier molecular flexibility index (Phi) is 9.36. The molecule has 52 heavy (non-hydrogen) atoms. The number of allylic oxidation sites excluding steroid dienone is 1. The summed E-state index contributed by atoms with van der Waals surface area (Å²) in [5.41, 5.74) is 16.2. The number of hydrogen-bond acceptors (Lipinski definition) is 12. The number of fused-ring (bicyclic) bond motifs is 1. The predicted octanol–water partition coefficient (Wildman–Crippen LogP) is 5.87. The second kappa shape index (κ2) is 13.9. The molecule has 14 heteroatoms. The number of nitrogens with one attached hydrogen (secondary N) is 1. The summed E-state index contributed by atoms with van der Waals surface area (Å²) in [5, 5.41) is 24.7. The Labute approximate surface area is 309 Å². The van der Waals surface area contributed by atoms with Crippen LogP contribution in [0.25, 0.3) is 5.57 Å². The van der Waals surface area contributed by atoms with Gasteiger partial charge in [0.15, 0.2) is 23.3 Å². The molecule has 1 amide bonds. The number of likely N-dealkylation sites (N-methyl/N-ethyl adjacent to an activating group) is 1. The van der Waals surface area contributed by atoms with Crippen molar-refractivity contribution in [3.05, 3.63) is 112 Å². The van der Waals surface area contributed by atoms with E-state index in [1.807, 2.05) is 0 Å². The number of methoxy groups -OCH3 is 1. The molecule has 7 rings (SSSR count). The third-order valence-corrected chi connectivity index (χ3v) is 11.7.